The summed E-state index contributed by atoms with van der Waals surface area (Å²) in [7, 11) is 4.34. The summed E-state index contributed by atoms with van der Waals surface area (Å²) in [6, 6.07) is 6.05. The highest BCUT2D eigenvalue weighted by atomic mass is 16.6. The van der Waals surface area contributed by atoms with Gasteiger partial charge in [0.1, 0.15) is 5.75 Å². The van der Waals surface area contributed by atoms with Crippen molar-refractivity contribution in [2.45, 2.75) is 64.0 Å². The first-order chi connectivity index (χ1) is 12.5. The Morgan fingerprint density at radius 3 is 2.81 bits per heavy atom. The Bertz CT molecular complexity index is 648. The van der Waals surface area contributed by atoms with E-state index in [1.54, 1.807) is 0 Å². The van der Waals surface area contributed by atoms with E-state index in [0.29, 0.717) is 18.5 Å². The van der Waals surface area contributed by atoms with Crippen LogP contribution < -0.4 is 15.0 Å². The van der Waals surface area contributed by atoms with Gasteiger partial charge in [-0.2, -0.15) is 0 Å². The molecule has 2 atom stereocenters. The number of likely N-dealkylation sites (N-methyl/N-ethyl adjacent to an activating group) is 2. The number of carbonyl (C=O) groups is 1. The van der Waals surface area contributed by atoms with Crippen LogP contribution in [0.15, 0.2) is 18.2 Å². The van der Waals surface area contributed by atoms with Crippen LogP contribution in [0.25, 0.3) is 0 Å². The molecule has 3 rings (SSSR count). The maximum Gasteiger partial charge on any atom is 0.412 e. The number of unbranched alkanes of at least 4 members (excludes halogenated alkanes) is 4. The van der Waals surface area contributed by atoms with Crippen LogP contribution in [-0.4, -0.2) is 44.3 Å². The number of ether oxygens (including phenoxy) is 1. The zero-order chi connectivity index (χ0) is 18.7. The highest BCUT2D eigenvalue weighted by molar-refractivity contribution is 5.72. The molecule has 1 fully saturated rings. The van der Waals surface area contributed by atoms with E-state index in [1.807, 2.05) is 6.07 Å². The van der Waals surface area contributed by atoms with Crippen molar-refractivity contribution in [1.82, 2.24) is 10.2 Å². The van der Waals surface area contributed by atoms with E-state index in [0.717, 1.165) is 25.8 Å². The zero-order valence-corrected chi connectivity index (χ0v) is 16.7. The van der Waals surface area contributed by atoms with Gasteiger partial charge in [0.15, 0.2) is 0 Å². The Hall–Kier alpha value is -1.75. The van der Waals surface area contributed by atoms with E-state index in [1.165, 1.54) is 30.5 Å². The van der Waals surface area contributed by atoms with E-state index in [9.17, 15) is 4.79 Å². The largest absolute Gasteiger partial charge is 0.412 e. The number of amides is 1. The van der Waals surface area contributed by atoms with E-state index < -0.39 is 0 Å². The Kier molecular flexibility index (Phi) is 5.76. The van der Waals surface area contributed by atoms with Gasteiger partial charge in [-0.15, -0.1) is 0 Å². The molecular formula is C21H33N3O2. The van der Waals surface area contributed by atoms with Crippen molar-refractivity contribution in [2.24, 2.45) is 0 Å². The molecule has 2 aliphatic rings. The summed E-state index contributed by atoms with van der Waals surface area (Å²) >= 11 is 0. The lowest BCUT2D eigenvalue weighted by Gasteiger charge is -2.32. The van der Waals surface area contributed by atoms with Crippen LogP contribution in [0.5, 0.6) is 5.75 Å². The van der Waals surface area contributed by atoms with Crippen LogP contribution in [0.3, 0.4) is 0 Å². The van der Waals surface area contributed by atoms with Crippen molar-refractivity contribution < 1.29 is 9.53 Å². The minimum Gasteiger partial charge on any atom is -0.410 e. The molecule has 0 bridgehead atoms. The molecule has 0 unspecified atom stereocenters. The average molecular weight is 360 g/mol. The summed E-state index contributed by atoms with van der Waals surface area (Å²) in [5.41, 5.74) is 2.63. The summed E-state index contributed by atoms with van der Waals surface area (Å²) in [6.07, 6.45) is 7.06. The molecule has 1 saturated heterocycles. The van der Waals surface area contributed by atoms with Crippen molar-refractivity contribution >= 4 is 11.8 Å². The maximum absolute atomic E-state index is 12.1. The molecule has 5 nitrogen and oxygen atoms in total. The van der Waals surface area contributed by atoms with Gasteiger partial charge in [-0.1, -0.05) is 39.5 Å². The monoisotopic (exact) mass is 359 g/mol. The molecule has 0 spiro atoms. The third kappa shape index (κ3) is 3.54. The van der Waals surface area contributed by atoms with Crippen molar-refractivity contribution in [3.05, 3.63) is 23.8 Å². The fourth-order valence-electron chi connectivity index (χ4n) is 4.68. The standard InChI is InChI=1S/C21H33N3O2/c1-5-6-7-8-9-13-22-20(25)26-16-10-11-18-17(15-16)21(2)12-14-23(3)19(21)24(18)4/h10-11,15,19H,5-9,12-14H2,1-4H3,(H,22,25)/t19-,21-/m1/s1. The lowest BCUT2D eigenvalue weighted by molar-refractivity contribution is 0.200. The molecule has 2 aliphatic heterocycles. The first kappa shape index (κ1) is 19.0. The molecule has 144 valence electrons. The van der Waals surface area contributed by atoms with Crippen LogP contribution >= 0.6 is 0 Å². The quantitative estimate of drug-likeness (QED) is 0.744. The maximum atomic E-state index is 12.1. The van der Waals surface area contributed by atoms with Gasteiger partial charge in [-0.25, -0.2) is 4.79 Å². The number of fused-ring (bicyclic) bond motifs is 3. The Balaban J connectivity index is 1.58. The van der Waals surface area contributed by atoms with Gasteiger partial charge in [0.05, 0.1) is 6.17 Å². The predicted octanol–water partition coefficient (Wildman–Crippen LogP) is 4.11. The van der Waals surface area contributed by atoms with Gasteiger partial charge < -0.3 is 15.0 Å². The first-order valence-corrected chi connectivity index (χ1v) is 10.0. The number of hydrogen-bond donors (Lipinski definition) is 1. The highest BCUT2D eigenvalue weighted by Crippen LogP contribution is 2.51. The molecule has 26 heavy (non-hydrogen) atoms. The number of anilines is 1. The van der Waals surface area contributed by atoms with Gasteiger partial charge in [0.25, 0.3) is 0 Å². The van der Waals surface area contributed by atoms with E-state index >= 15 is 0 Å². The molecule has 0 radical (unpaired) electrons. The lowest BCUT2D eigenvalue weighted by Crippen LogP contribution is -2.45. The smallest absolute Gasteiger partial charge is 0.410 e. The van der Waals surface area contributed by atoms with E-state index in [2.05, 4.69) is 55.2 Å². The average Bonchev–Trinajstić information content (AvgIpc) is 3.04. The summed E-state index contributed by atoms with van der Waals surface area (Å²) in [4.78, 5) is 16.8. The van der Waals surface area contributed by atoms with Crippen molar-refractivity contribution in [3.8, 4) is 5.75 Å². The summed E-state index contributed by atoms with van der Waals surface area (Å²) in [6.45, 7) is 6.30. The van der Waals surface area contributed by atoms with Gasteiger partial charge >= 0.3 is 6.09 Å². The normalized spacial score (nSPS) is 24.5. The number of rotatable bonds is 7. The molecule has 2 heterocycles. The SMILES string of the molecule is CCCCCCCNC(=O)Oc1ccc2c(c1)[C@@]1(C)CCN(C)[C@@H]1N2C. The van der Waals surface area contributed by atoms with Crippen molar-refractivity contribution in [1.29, 1.82) is 0 Å². The fraction of sp³-hybridized carbons (Fsp3) is 0.667. The highest BCUT2D eigenvalue weighted by Gasteiger charge is 2.52. The Morgan fingerprint density at radius 2 is 2.04 bits per heavy atom. The second-order valence-corrected chi connectivity index (χ2v) is 8.04. The number of nitrogens with one attached hydrogen (secondary N) is 1. The Labute approximate surface area is 157 Å². The predicted molar refractivity (Wildman–Crippen MR) is 106 cm³/mol. The zero-order valence-electron chi connectivity index (χ0n) is 16.7. The molecule has 1 aromatic carbocycles. The topological polar surface area (TPSA) is 44.8 Å². The van der Waals surface area contributed by atoms with Crippen LogP contribution in [0.2, 0.25) is 0 Å². The Morgan fingerprint density at radius 1 is 1.27 bits per heavy atom. The molecule has 5 heteroatoms. The molecular weight excluding hydrogens is 326 g/mol. The van der Waals surface area contributed by atoms with Crippen LogP contribution in [0.4, 0.5) is 10.5 Å². The lowest BCUT2D eigenvalue weighted by atomic mass is 9.81. The van der Waals surface area contributed by atoms with E-state index in [-0.39, 0.29) is 11.5 Å². The summed E-state index contributed by atoms with van der Waals surface area (Å²) < 4.78 is 5.54. The van der Waals surface area contributed by atoms with Gasteiger partial charge in [0, 0.05) is 31.2 Å². The van der Waals surface area contributed by atoms with Crippen LogP contribution in [0.1, 0.15) is 57.9 Å². The first-order valence-electron chi connectivity index (χ1n) is 10.0. The van der Waals surface area contributed by atoms with Gasteiger partial charge in [-0.3, -0.25) is 4.90 Å². The second kappa shape index (κ2) is 7.87. The van der Waals surface area contributed by atoms with E-state index in [4.69, 9.17) is 4.74 Å². The molecule has 0 aromatic heterocycles. The third-order valence-corrected chi connectivity index (χ3v) is 6.06. The third-order valence-electron chi connectivity index (χ3n) is 6.06. The molecule has 1 aromatic rings. The van der Waals surface area contributed by atoms with Crippen LogP contribution in [0, 0.1) is 0 Å². The number of nitrogens with zero attached hydrogens (tertiary/aromatic N) is 2. The van der Waals surface area contributed by atoms with Gasteiger partial charge in [0.2, 0.25) is 0 Å². The van der Waals surface area contributed by atoms with Crippen molar-refractivity contribution in [3.63, 3.8) is 0 Å². The molecule has 0 saturated carbocycles. The minimum atomic E-state index is -0.350. The molecule has 0 aliphatic carbocycles. The number of benzene rings is 1. The number of hydrogen-bond acceptors (Lipinski definition) is 4. The number of carbonyl (C=O) groups excluding carboxylic acids is 1. The summed E-state index contributed by atoms with van der Waals surface area (Å²) in [5, 5.41) is 2.87. The fourth-order valence-corrected chi connectivity index (χ4v) is 4.68. The minimum absolute atomic E-state index is 0.0912. The van der Waals surface area contributed by atoms with Crippen LogP contribution in [-0.2, 0) is 5.41 Å². The second-order valence-electron chi connectivity index (χ2n) is 8.04. The molecule has 1 N–H and O–H groups in total. The summed E-state index contributed by atoms with van der Waals surface area (Å²) in [5.74, 6) is 0.636. The van der Waals surface area contributed by atoms with Gasteiger partial charge in [-0.05, 0) is 43.7 Å². The number of likely N-dealkylation sites (tertiary alicyclic amines) is 1. The molecule has 1 amide bonds. The van der Waals surface area contributed by atoms with Crippen molar-refractivity contribution in [2.75, 3.05) is 32.1 Å².